The number of nitriles is 3. The maximum absolute atomic E-state index is 10.0. The van der Waals surface area contributed by atoms with Crippen molar-refractivity contribution in [2.75, 3.05) is 26.9 Å². The summed E-state index contributed by atoms with van der Waals surface area (Å²) < 4.78 is 16.8. The number of nitrogens with zero attached hydrogens (tertiary/aromatic N) is 3. The molecule has 0 amide bonds. The third kappa shape index (κ3) is 3.18. The molecule has 1 aliphatic heterocycles. The van der Waals surface area contributed by atoms with Gasteiger partial charge in [-0.25, -0.2) is 0 Å². The molecule has 1 aromatic carbocycles. The van der Waals surface area contributed by atoms with Crippen LogP contribution in [0.3, 0.4) is 0 Å². The molecule has 0 fully saturated rings. The molecule has 2 atom stereocenters. The highest BCUT2D eigenvalue weighted by Crippen LogP contribution is 2.54. The minimum absolute atomic E-state index is 0.00956. The quantitative estimate of drug-likeness (QED) is 0.819. The van der Waals surface area contributed by atoms with Gasteiger partial charge in [-0.15, -0.1) is 0 Å². The van der Waals surface area contributed by atoms with Crippen molar-refractivity contribution in [2.24, 2.45) is 17.1 Å². The average Bonchev–Trinajstić information content (AvgIpc) is 2.77. The topological polar surface area (TPSA) is 125 Å². The monoisotopic (exact) mass is 390 g/mol. The number of methoxy groups -OCH3 is 1. The van der Waals surface area contributed by atoms with E-state index in [1.54, 1.807) is 18.2 Å². The first-order valence-corrected chi connectivity index (χ1v) is 9.39. The average molecular weight is 390 g/mol. The second kappa shape index (κ2) is 8.27. The van der Waals surface area contributed by atoms with E-state index in [-0.39, 0.29) is 23.8 Å². The van der Waals surface area contributed by atoms with E-state index < -0.39 is 11.3 Å². The molecular formula is C22H22N4O3. The molecular weight excluding hydrogens is 368 g/mol. The van der Waals surface area contributed by atoms with Crippen LogP contribution in [0, 0.1) is 45.3 Å². The summed E-state index contributed by atoms with van der Waals surface area (Å²) in [6.45, 7) is 3.20. The first-order chi connectivity index (χ1) is 14.1. The number of fused-ring (bicyclic) bond motifs is 1. The Morgan fingerprint density at radius 3 is 2.62 bits per heavy atom. The fraction of sp³-hybridized carbons (Fsp3) is 0.409. The third-order valence-electron chi connectivity index (χ3n) is 5.44. The van der Waals surface area contributed by atoms with Crippen LogP contribution in [0.15, 0.2) is 41.1 Å². The fourth-order valence-corrected chi connectivity index (χ4v) is 4.07. The van der Waals surface area contributed by atoms with E-state index >= 15 is 0 Å². The Morgan fingerprint density at radius 1 is 1.24 bits per heavy atom. The number of benzene rings is 1. The van der Waals surface area contributed by atoms with Crippen molar-refractivity contribution in [3.8, 4) is 29.7 Å². The molecule has 0 radical (unpaired) electrons. The lowest BCUT2D eigenvalue weighted by Gasteiger charge is -2.43. The van der Waals surface area contributed by atoms with Crippen molar-refractivity contribution in [1.29, 1.82) is 15.8 Å². The zero-order chi connectivity index (χ0) is 21.0. The van der Waals surface area contributed by atoms with E-state index in [9.17, 15) is 15.8 Å². The Balaban J connectivity index is 2.22. The van der Waals surface area contributed by atoms with Crippen LogP contribution in [0.5, 0.6) is 11.5 Å². The zero-order valence-electron chi connectivity index (χ0n) is 16.4. The van der Waals surface area contributed by atoms with E-state index in [1.165, 1.54) is 7.11 Å². The lowest BCUT2D eigenvalue weighted by molar-refractivity contribution is 0.0978. The molecule has 148 valence electrons. The van der Waals surface area contributed by atoms with Gasteiger partial charge in [0.15, 0.2) is 16.9 Å². The van der Waals surface area contributed by atoms with Gasteiger partial charge in [0.1, 0.15) is 6.07 Å². The summed E-state index contributed by atoms with van der Waals surface area (Å²) in [5.74, 6) is 0.134. The van der Waals surface area contributed by atoms with Gasteiger partial charge in [0, 0.05) is 11.8 Å². The molecule has 3 rings (SSSR count). The second-order valence-electron chi connectivity index (χ2n) is 6.97. The molecule has 2 N–H and O–H groups in total. The third-order valence-corrected chi connectivity index (χ3v) is 5.44. The Kier molecular flexibility index (Phi) is 5.78. The summed E-state index contributed by atoms with van der Waals surface area (Å²) in [7, 11) is 1.54. The van der Waals surface area contributed by atoms with E-state index in [0.29, 0.717) is 30.3 Å². The first kappa shape index (κ1) is 20.3. The Hall–Kier alpha value is -3.47. The van der Waals surface area contributed by atoms with Crippen molar-refractivity contribution in [3.05, 3.63) is 46.7 Å². The zero-order valence-corrected chi connectivity index (χ0v) is 16.4. The van der Waals surface area contributed by atoms with Gasteiger partial charge in [0.2, 0.25) is 0 Å². The molecule has 2 aliphatic rings. The van der Waals surface area contributed by atoms with Crippen molar-refractivity contribution >= 4 is 0 Å². The van der Waals surface area contributed by atoms with Crippen LogP contribution in [0.25, 0.3) is 0 Å². The maximum Gasteiger partial charge on any atom is 0.191 e. The van der Waals surface area contributed by atoms with Crippen LogP contribution in [0.1, 0.15) is 24.8 Å². The number of ether oxygens (including phenoxy) is 3. The van der Waals surface area contributed by atoms with Crippen LogP contribution in [0.4, 0.5) is 0 Å². The summed E-state index contributed by atoms with van der Waals surface area (Å²) in [5, 5.41) is 29.7. The van der Waals surface area contributed by atoms with Gasteiger partial charge in [0.25, 0.3) is 0 Å². The molecule has 0 unspecified atom stereocenters. The highest BCUT2D eigenvalue weighted by atomic mass is 16.5. The van der Waals surface area contributed by atoms with Gasteiger partial charge in [-0.1, -0.05) is 19.1 Å². The van der Waals surface area contributed by atoms with Crippen molar-refractivity contribution in [2.45, 2.75) is 19.3 Å². The molecule has 0 saturated carbocycles. The van der Waals surface area contributed by atoms with Gasteiger partial charge in [0.05, 0.1) is 50.3 Å². The van der Waals surface area contributed by atoms with Gasteiger partial charge in [-0.3, -0.25) is 0 Å². The van der Waals surface area contributed by atoms with E-state index in [4.69, 9.17) is 19.9 Å². The molecule has 0 aromatic heterocycles. The largest absolute Gasteiger partial charge is 0.493 e. The van der Waals surface area contributed by atoms with Crippen LogP contribution in [0.2, 0.25) is 0 Å². The van der Waals surface area contributed by atoms with Crippen molar-refractivity contribution < 1.29 is 14.2 Å². The van der Waals surface area contributed by atoms with Crippen molar-refractivity contribution in [3.63, 3.8) is 0 Å². The number of allylic oxidation sites excluding steroid dienone is 2. The van der Waals surface area contributed by atoms with E-state index in [1.807, 2.05) is 13.0 Å². The minimum atomic E-state index is -1.69. The lowest BCUT2D eigenvalue weighted by atomic mass is 9.58. The normalized spacial score (nSPS) is 22.4. The van der Waals surface area contributed by atoms with Gasteiger partial charge in [-0.2, -0.15) is 15.8 Å². The van der Waals surface area contributed by atoms with Crippen LogP contribution < -0.4 is 15.2 Å². The molecule has 29 heavy (non-hydrogen) atoms. The lowest BCUT2D eigenvalue weighted by Crippen LogP contribution is -2.44. The SMILES string of the molecule is CCCOc1ccc([C@@H]2[C@H]3COCC=C3C(C#N)=C(N)C2(C#N)C#N)cc1OC. The molecule has 7 nitrogen and oxygen atoms in total. The highest BCUT2D eigenvalue weighted by molar-refractivity contribution is 5.60. The number of nitrogens with two attached hydrogens (primary N) is 1. The van der Waals surface area contributed by atoms with Crippen LogP contribution in [-0.2, 0) is 4.74 Å². The number of hydrogen-bond acceptors (Lipinski definition) is 7. The van der Waals surface area contributed by atoms with Crippen LogP contribution >= 0.6 is 0 Å². The minimum Gasteiger partial charge on any atom is -0.493 e. The summed E-state index contributed by atoms with van der Waals surface area (Å²) in [4.78, 5) is 0. The summed E-state index contributed by atoms with van der Waals surface area (Å²) >= 11 is 0. The molecule has 0 saturated heterocycles. The van der Waals surface area contributed by atoms with E-state index in [2.05, 4.69) is 18.2 Å². The fourth-order valence-electron chi connectivity index (χ4n) is 4.07. The molecule has 7 heteroatoms. The standard InChI is InChI=1S/C22H22N4O3/c1-3-7-29-18-5-4-14(9-19(18)27-2)20-17-11-28-8-6-15(17)16(10-23)21(26)22(20,12-24)13-25/h4-6,9,17,20H,3,7-8,11,26H2,1-2H3/t17-,20+/m0/s1. The summed E-state index contributed by atoms with van der Waals surface area (Å²) in [5.41, 5.74) is 6.20. The van der Waals surface area contributed by atoms with Gasteiger partial charge < -0.3 is 19.9 Å². The molecule has 0 bridgehead atoms. The second-order valence-corrected chi connectivity index (χ2v) is 6.97. The molecule has 1 heterocycles. The predicted octanol–water partition coefficient (Wildman–Crippen LogP) is 2.92. The Labute approximate surface area is 170 Å². The van der Waals surface area contributed by atoms with Gasteiger partial charge in [-0.05, 0) is 29.7 Å². The Morgan fingerprint density at radius 2 is 2.00 bits per heavy atom. The Bertz CT molecular complexity index is 977. The molecule has 1 aromatic rings. The van der Waals surface area contributed by atoms with Crippen LogP contribution in [-0.4, -0.2) is 26.9 Å². The number of rotatable bonds is 5. The smallest absolute Gasteiger partial charge is 0.191 e. The molecule has 1 aliphatic carbocycles. The van der Waals surface area contributed by atoms with Crippen molar-refractivity contribution in [1.82, 2.24) is 0 Å². The predicted molar refractivity (Wildman–Crippen MR) is 104 cm³/mol. The van der Waals surface area contributed by atoms with Gasteiger partial charge >= 0.3 is 0 Å². The molecule has 0 spiro atoms. The maximum atomic E-state index is 10.0. The van der Waals surface area contributed by atoms with E-state index in [0.717, 1.165) is 12.0 Å². The summed E-state index contributed by atoms with van der Waals surface area (Å²) in [6, 6.07) is 11.7. The summed E-state index contributed by atoms with van der Waals surface area (Å²) in [6.07, 6.45) is 2.66. The highest BCUT2D eigenvalue weighted by Gasteiger charge is 2.54. The number of hydrogen-bond donors (Lipinski definition) is 1. The first-order valence-electron chi connectivity index (χ1n) is 9.39.